The van der Waals surface area contributed by atoms with Crippen molar-refractivity contribution in [2.24, 2.45) is 4.99 Å². The van der Waals surface area contributed by atoms with Gasteiger partial charge in [-0.2, -0.15) is 0 Å². The second-order valence-corrected chi connectivity index (χ2v) is 9.59. The number of thiophene rings is 1. The summed E-state index contributed by atoms with van der Waals surface area (Å²) in [6.07, 6.45) is 1.20. The molecule has 1 aromatic heterocycles. The van der Waals surface area contributed by atoms with E-state index in [2.05, 4.69) is 32.3 Å². The first-order valence-electron chi connectivity index (χ1n) is 6.73. The summed E-state index contributed by atoms with van der Waals surface area (Å²) in [7, 11) is 0.737. The minimum atomic E-state index is -2.96. The Hall–Kier alpha value is 0.0900. The highest BCUT2D eigenvalue weighted by Gasteiger charge is 2.08. The van der Waals surface area contributed by atoms with Crippen LogP contribution in [0.4, 0.5) is 0 Å². The zero-order valence-electron chi connectivity index (χ0n) is 13.4. The number of rotatable bonds is 8. The average Bonchev–Trinajstić information content (AvgIpc) is 2.82. The van der Waals surface area contributed by atoms with Crippen molar-refractivity contribution in [2.45, 2.75) is 6.54 Å². The van der Waals surface area contributed by atoms with Crippen LogP contribution in [0.15, 0.2) is 20.9 Å². The molecule has 1 rings (SSSR count). The van der Waals surface area contributed by atoms with Gasteiger partial charge in [0.05, 0.1) is 29.3 Å². The Labute approximate surface area is 167 Å². The van der Waals surface area contributed by atoms with Crippen LogP contribution in [-0.2, 0) is 21.1 Å². The third kappa shape index (κ3) is 10.5. The van der Waals surface area contributed by atoms with Crippen LogP contribution in [-0.4, -0.2) is 65.1 Å². The average molecular weight is 540 g/mol. The number of hydrogen-bond acceptors (Lipinski definition) is 5. The Bertz CT molecular complexity index is 593. The molecule has 0 aliphatic carbocycles. The van der Waals surface area contributed by atoms with Gasteiger partial charge in [-0.15, -0.1) is 35.3 Å². The Morgan fingerprint density at radius 3 is 2.65 bits per heavy atom. The Kier molecular flexibility index (Phi) is 11.7. The summed E-state index contributed by atoms with van der Waals surface area (Å²) in [5, 5.41) is 3.19. The van der Waals surface area contributed by atoms with E-state index in [-0.39, 0.29) is 36.3 Å². The SMILES string of the molecule is CN=C(NCCOCCS(C)(=O)=O)N(C)Cc1ccc(Br)s1.I. The van der Waals surface area contributed by atoms with Crippen molar-refractivity contribution < 1.29 is 13.2 Å². The summed E-state index contributed by atoms with van der Waals surface area (Å²) in [6, 6.07) is 4.10. The molecule has 0 bridgehead atoms. The highest BCUT2D eigenvalue weighted by molar-refractivity contribution is 14.0. The molecule has 0 spiro atoms. The van der Waals surface area contributed by atoms with Crippen molar-refractivity contribution in [3.05, 3.63) is 20.8 Å². The molecule has 0 aromatic carbocycles. The molecular weight excluding hydrogens is 517 g/mol. The van der Waals surface area contributed by atoms with Crippen LogP contribution in [0.1, 0.15) is 4.88 Å². The lowest BCUT2D eigenvalue weighted by atomic mass is 10.4. The summed E-state index contributed by atoms with van der Waals surface area (Å²) in [5.41, 5.74) is 0. The first-order chi connectivity index (χ1) is 10.3. The molecule has 23 heavy (non-hydrogen) atoms. The van der Waals surface area contributed by atoms with Crippen LogP contribution in [0.2, 0.25) is 0 Å². The minimum Gasteiger partial charge on any atom is -0.379 e. The largest absolute Gasteiger partial charge is 0.379 e. The van der Waals surface area contributed by atoms with E-state index in [0.29, 0.717) is 13.2 Å². The maximum Gasteiger partial charge on any atom is 0.193 e. The van der Waals surface area contributed by atoms with Crippen LogP contribution >= 0.6 is 51.2 Å². The number of aliphatic imine (C=N–C) groups is 1. The van der Waals surface area contributed by atoms with Crippen molar-refractivity contribution in [1.29, 1.82) is 0 Å². The summed E-state index contributed by atoms with van der Waals surface area (Å²) in [6.45, 7) is 2.00. The van der Waals surface area contributed by atoms with Crippen LogP contribution in [0.25, 0.3) is 0 Å². The van der Waals surface area contributed by atoms with E-state index in [9.17, 15) is 8.42 Å². The Morgan fingerprint density at radius 1 is 1.43 bits per heavy atom. The fraction of sp³-hybridized carbons (Fsp3) is 0.615. The number of nitrogens with one attached hydrogen (secondary N) is 1. The van der Waals surface area contributed by atoms with Gasteiger partial charge in [0.1, 0.15) is 9.84 Å². The maximum atomic E-state index is 11.0. The van der Waals surface area contributed by atoms with E-state index in [1.54, 1.807) is 18.4 Å². The molecule has 0 unspecified atom stereocenters. The smallest absolute Gasteiger partial charge is 0.193 e. The maximum absolute atomic E-state index is 11.0. The van der Waals surface area contributed by atoms with E-state index in [1.807, 2.05) is 18.0 Å². The van der Waals surface area contributed by atoms with Crippen molar-refractivity contribution in [1.82, 2.24) is 10.2 Å². The van der Waals surface area contributed by atoms with Gasteiger partial charge < -0.3 is 15.0 Å². The quantitative estimate of drug-likeness (QED) is 0.237. The molecule has 6 nitrogen and oxygen atoms in total. The summed E-state index contributed by atoms with van der Waals surface area (Å²) >= 11 is 5.14. The number of nitrogens with zero attached hydrogens (tertiary/aromatic N) is 2. The van der Waals surface area contributed by atoms with Crippen LogP contribution < -0.4 is 5.32 Å². The first-order valence-corrected chi connectivity index (χ1v) is 10.4. The summed E-state index contributed by atoms with van der Waals surface area (Å²) < 4.78 is 28.3. The normalized spacial score (nSPS) is 11.9. The van der Waals surface area contributed by atoms with Gasteiger partial charge >= 0.3 is 0 Å². The van der Waals surface area contributed by atoms with Crippen molar-refractivity contribution in [3.63, 3.8) is 0 Å². The molecule has 1 N–H and O–H groups in total. The van der Waals surface area contributed by atoms with Crippen LogP contribution in [0.5, 0.6) is 0 Å². The van der Waals surface area contributed by atoms with E-state index in [4.69, 9.17) is 4.74 Å². The predicted molar refractivity (Wildman–Crippen MR) is 111 cm³/mol. The zero-order chi connectivity index (χ0) is 16.6. The van der Waals surface area contributed by atoms with Crippen LogP contribution in [0.3, 0.4) is 0 Å². The first kappa shape index (κ1) is 23.1. The van der Waals surface area contributed by atoms with Crippen molar-refractivity contribution >= 4 is 67.0 Å². The molecule has 0 fully saturated rings. The number of ether oxygens (including phenoxy) is 1. The lowest BCUT2D eigenvalue weighted by Gasteiger charge is -2.21. The van der Waals surface area contributed by atoms with Crippen molar-refractivity contribution in [2.75, 3.05) is 45.9 Å². The zero-order valence-corrected chi connectivity index (χ0v) is 19.0. The lowest BCUT2D eigenvalue weighted by molar-refractivity contribution is 0.153. The summed E-state index contributed by atoms with van der Waals surface area (Å²) in [4.78, 5) is 7.48. The van der Waals surface area contributed by atoms with Gasteiger partial charge in [0.2, 0.25) is 0 Å². The van der Waals surface area contributed by atoms with Gasteiger partial charge in [-0.3, -0.25) is 4.99 Å². The minimum absolute atomic E-state index is 0. The van der Waals surface area contributed by atoms with E-state index >= 15 is 0 Å². The topological polar surface area (TPSA) is 71.0 Å². The van der Waals surface area contributed by atoms with Gasteiger partial charge in [0, 0.05) is 31.8 Å². The number of halogens is 2. The van der Waals surface area contributed by atoms with Gasteiger partial charge in [0.25, 0.3) is 0 Å². The van der Waals surface area contributed by atoms with Crippen LogP contribution in [0, 0.1) is 0 Å². The van der Waals surface area contributed by atoms with Gasteiger partial charge in [-0.1, -0.05) is 0 Å². The molecule has 0 aliphatic heterocycles. The molecule has 0 aliphatic rings. The molecule has 10 heteroatoms. The number of hydrogen-bond donors (Lipinski definition) is 1. The molecule has 134 valence electrons. The summed E-state index contributed by atoms with van der Waals surface area (Å²) in [5.74, 6) is 0.825. The molecule has 0 saturated heterocycles. The molecule has 0 saturated carbocycles. The Morgan fingerprint density at radius 2 is 2.13 bits per heavy atom. The number of guanidine groups is 1. The fourth-order valence-corrected chi connectivity index (χ4v) is 3.63. The van der Waals surface area contributed by atoms with Crippen molar-refractivity contribution in [3.8, 4) is 0 Å². The predicted octanol–water partition coefficient (Wildman–Crippen LogP) is 2.20. The standard InChI is InChI=1S/C13H22BrN3O3S2.HI/c1-15-13(16-6-7-20-8-9-22(3,18)19)17(2)10-11-4-5-12(14)21-11;/h4-5H,6-10H2,1-3H3,(H,15,16);1H. The molecule has 1 heterocycles. The highest BCUT2D eigenvalue weighted by Crippen LogP contribution is 2.22. The second kappa shape index (κ2) is 11.6. The van der Waals surface area contributed by atoms with E-state index in [0.717, 1.165) is 16.3 Å². The lowest BCUT2D eigenvalue weighted by Crippen LogP contribution is -2.39. The molecule has 1 aromatic rings. The highest BCUT2D eigenvalue weighted by atomic mass is 127. The van der Waals surface area contributed by atoms with E-state index in [1.165, 1.54) is 11.1 Å². The molecular formula is C13H23BrIN3O3S2. The molecule has 0 atom stereocenters. The third-order valence-electron chi connectivity index (χ3n) is 2.72. The fourth-order valence-electron chi connectivity index (χ4n) is 1.68. The Balaban J connectivity index is 0.00000484. The molecule has 0 radical (unpaired) electrons. The third-order valence-corrected chi connectivity index (χ3v) is 5.24. The van der Waals surface area contributed by atoms with Gasteiger partial charge in [-0.05, 0) is 28.1 Å². The van der Waals surface area contributed by atoms with E-state index < -0.39 is 9.84 Å². The number of sulfone groups is 1. The molecule has 0 amide bonds. The van der Waals surface area contributed by atoms with Gasteiger partial charge in [-0.25, -0.2) is 8.42 Å². The van der Waals surface area contributed by atoms with Gasteiger partial charge in [0.15, 0.2) is 5.96 Å². The second-order valence-electron chi connectivity index (χ2n) is 4.78. The monoisotopic (exact) mass is 539 g/mol.